The maximum absolute atomic E-state index is 10.6. The van der Waals surface area contributed by atoms with E-state index in [4.69, 9.17) is 16.7 Å². The molecule has 0 aromatic carbocycles. The Bertz CT molecular complexity index is 513. The van der Waals surface area contributed by atoms with Crippen LogP contribution in [0, 0.1) is 0 Å². The SMILES string of the molecule is O=C(O)c1cnc2c(Cl)nccc2c1. The lowest BCUT2D eigenvalue weighted by Gasteiger charge is -1.99. The van der Waals surface area contributed by atoms with E-state index in [9.17, 15) is 4.79 Å². The Hall–Kier alpha value is -1.68. The summed E-state index contributed by atoms with van der Waals surface area (Å²) in [6.07, 6.45) is 2.77. The zero-order valence-corrected chi connectivity index (χ0v) is 7.69. The van der Waals surface area contributed by atoms with Crippen molar-refractivity contribution in [3.8, 4) is 0 Å². The van der Waals surface area contributed by atoms with Crippen molar-refractivity contribution in [1.29, 1.82) is 0 Å². The minimum Gasteiger partial charge on any atom is -0.478 e. The number of aromatic carboxylic acids is 1. The van der Waals surface area contributed by atoms with Gasteiger partial charge in [-0.05, 0) is 12.1 Å². The molecule has 4 nitrogen and oxygen atoms in total. The van der Waals surface area contributed by atoms with Crippen LogP contribution in [0.25, 0.3) is 10.9 Å². The molecule has 0 aliphatic heterocycles. The zero-order valence-electron chi connectivity index (χ0n) is 6.94. The molecule has 2 rings (SSSR count). The predicted octanol–water partition coefficient (Wildman–Crippen LogP) is 1.98. The number of nitrogens with zero attached hydrogens (tertiary/aromatic N) is 2. The molecule has 0 spiro atoms. The topological polar surface area (TPSA) is 63.1 Å². The van der Waals surface area contributed by atoms with Crippen LogP contribution < -0.4 is 0 Å². The van der Waals surface area contributed by atoms with Gasteiger partial charge < -0.3 is 5.11 Å². The van der Waals surface area contributed by atoms with Gasteiger partial charge in [0.25, 0.3) is 0 Å². The van der Waals surface area contributed by atoms with Crippen LogP contribution in [-0.4, -0.2) is 21.0 Å². The molecule has 0 atom stereocenters. The van der Waals surface area contributed by atoms with Gasteiger partial charge in [0.2, 0.25) is 0 Å². The predicted molar refractivity (Wildman–Crippen MR) is 51.5 cm³/mol. The van der Waals surface area contributed by atoms with Crippen molar-refractivity contribution in [1.82, 2.24) is 9.97 Å². The van der Waals surface area contributed by atoms with Crippen LogP contribution in [0.15, 0.2) is 24.5 Å². The first-order chi connectivity index (χ1) is 6.68. The number of hydrogen-bond acceptors (Lipinski definition) is 3. The maximum atomic E-state index is 10.6. The van der Waals surface area contributed by atoms with Gasteiger partial charge in [-0.15, -0.1) is 0 Å². The summed E-state index contributed by atoms with van der Waals surface area (Å²) in [6.45, 7) is 0. The number of carboxylic acid groups (broad SMARTS) is 1. The molecule has 0 unspecified atom stereocenters. The Morgan fingerprint density at radius 1 is 1.43 bits per heavy atom. The number of pyridine rings is 2. The van der Waals surface area contributed by atoms with E-state index in [2.05, 4.69) is 9.97 Å². The molecular formula is C9H5ClN2O2. The summed E-state index contributed by atoms with van der Waals surface area (Å²) in [6, 6.07) is 3.18. The zero-order chi connectivity index (χ0) is 10.1. The van der Waals surface area contributed by atoms with E-state index in [1.807, 2.05) is 0 Å². The van der Waals surface area contributed by atoms with Crippen molar-refractivity contribution in [3.63, 3.8) is 0 Å². The maximum Gasteiger partial charge on any atom is 0.337 e. The highest BCUT2D eigenvalue weighted by molar-refractivity contribution is 6.33. The molecule has 1 N–H and O–H groups in total. The lowest BCUT2D eigenvalue weighted by atomic mass is 10.2. The fourth-order valence-corrected chi connectivity index (χ4v) is 1.36. The van der Waals surface area contributed by atoms with Crippen LogP contribution in [0.4, 0.5) is 0 Å². The van der Waals surface area contributed by atoms with Gasteiger partial charge in [0.1, 0.15) is 5.52 Å². The average Bonchev–Trinajstić information content (AvgIpc) is 2.17. The third-order valence-electron chi connectivity index (χ3n) is 1.80. The molecule has 2 heterocycles. The number of carboxylic acids is 1. The van der Waals surface area contributed by atoms with Crippen LogP contribution >= 0.6 is 11.6 Å². The van der Waals surface area contributed by atoms with E-state index in [0.717, 1.165) is 0 Å². The average molecular weight is 209 g/mol. The lowest BCUT2D eigenvalue weighted by molar-refractivity contribution is 0.0696. The summed E-state index contributed by atoms with van der Waals surface area (Å²) < 4.78 is 0. The molecule has 0 amide bonds. The van der Waals surface area contributed by atoms with E-state index in [0.29, 0.717) is 10.9 Å². The first kappa shape index (κ1) is 8.90. The van der Waals surface area contributed by atoms with Gasteiger partial charge in [0.05, 0.1) is 5.56 Å². The van der Waals surface area contributed by atoms with Crippen LogP contribution in [0.5, 0.6) is 0 Å². The van der Waals surface area contributed by atoms with Crippen molar-refractivity contribution in [2.75, 3.05) is 0 Å². The molecule has 0 aliphatic rings. The van der Waals surface area contributed by atoms with Crippen molar-refractivity contribution < 1.29 is 9.90 Å². The summed E-state index contributed by atoms with van der Waals surface area (Å²) in [5.41, 5.74) is 0.652. The highest BCUT2D eigenvalue weighted by Crippen LogP contribution is 2.19. The summed E-state index contributed by atoms with van der Waals surface area (Å²) in [5, 5.41) is 9.67. The number of carbonyl (C=O) groups is 1. The number of aromatic nitrogens is 2. The molecule has 2 aromatic heterocycles. The van der Waals surface area contributed by atoms with E-state index in [1.54, 1.807) is 6.07 Å². The lowest BCUT2D eigenvalue weighted by Crippen LogP contribution is -1.97. The fourth-order valence-electron chi connectivity index (χ4n) is 1.14. The monoisotopic (exact) mass is 208 g/mol. The van der Waals surface area contributed by atoms with E-state index < -0.39 is 5.97 Å². The third-order valence-corrected chi connectivity index (χ3v) is 2.08. The van der Waals surface area contributed by atoms with Gasteiger partial charge in [-0.2, -0.15) is 0 Å². The second-order valence-corrected chi connectivity index (χ2v) is 3.06. The molecule has 0 saturated carbocycles. The minimum atomic E-state index is -1.01. The van der Waals surface area contributed by atoms with Gasteiger partial charge in [0.15, 0.2) is 5.15 Å². The van der Waals surface area contributed by atoms with Gasteiger partial charge >= 0.3 is 5.97 Å². The molecule has 0 saturated heterocycles. The van der Waals surface area contributed by atoms with Gasteiger partial charge in [-0.3, -0.25) is 4.98 Å². The first-order valence-corrected chi connectivity index (χ1v) is 4.20. The Morgan fingerprint density at radius 2 is 2.21 bits per heavy atom. The highest BCUT2D eigenvalue weighted by atomic mass is 35.5. The second-order valence-electron chi connectivity index (χ2n) is 2.70. The molecule has 5 heteroatoms. The number of hydrogen-bond donors (Lipinski definition) is 1. The molecule has 0 radical (unpaired) electrons. The summed E-state index contributed by atoms with van der Waals surface area (Å²) in [4.78, 5) is 18.4. The fraction of sp³-hybridized carbons (Fsp3) is 0. The molecule has 14 heavy (non-hydrogen) atoms. The molecule has 70 valence electrons. The first-order valence-electron chi connectivity index (χ1n) is 3.82. The van der Waals surface area contributed by atoms with Crippen LogP contribution in [0.3, 0.4) is 0 Å². The van der Waals surface area contributed by atoms with Gasteiger partial charge in [-0.1, -0.05) is 11.6 Å². The second kappa shape index (κ2) is 3.23. The van der Waals surface area contributed by atoms with Crippen molar-refractivity contribution in [2.24, 2.45) is 0 Å². The van der Waals surface area contributed by atoms with Crippen molar-refractivity contribution >= 4 is 28.5 Å². The molecule has 0 bridgehead atoms. The van der Waals surface area contributed by atoms with E-state index in [-0.39, 0.29) is 10.7 Å². The van der Waals surface area contributed by atoms with E-state index in [1.165, 1.54) is 18.5 Å². The summed E-state index contributed by atoms with van der Waals surface area (Å²) in [5.74, 6) is -1.01. The number of fused-ring (bicyclic) bond motifs is 1. The van der Waals surface area contributed by atoms with Crippen LogP contribution in [0.2, 0.25) is 5.15 Å². The Morgan fingerprint density at radius 3 is 2.93 bits per heavy atom. The largest absolute Gasteiger partial charge is 0.478 e. The summed E-state index contributed by atoms with van der Waals surface area (Å²) >= 11 is 5.77. The standard InChI is InChI=1S/C9H5ClN2O2/c10-8-7-5(1-2-11-8)3-6(4-12-7)9(13)14/h1-4H,(H,13,14). The van der Waals surface area contributed by atoms with Crippen LogP contribution in [0.1, 0.15) is 10.4 Å². The quantitative estimate of drug-likeness (QED) is 0.728. The van der Waals surface area contributed by atoms with Gasteiger partial charge in [-0.25, -0.2) is 9.78 Å². The molecule has 2 aromatic rings. The molecule has 0 fully saturated rings. The Kier molecular flexibility index (Phi) is 2.05. The molecular weight excluding hydrogens is 204 g/mol. The minimum absolute atomic E-state index is 0.139. The normalized spacial score (nSPS) is 10.4. The Labute approximate surface area is 84.2 Å². The van der Waals surface area contributed by atoms with Crippen LogP contribution in [-0.2, 0) is 0 Å². The van der Waals surface area contributed by atoms with Crippen molar-refractivity contribution in [3.05, 3.63) is 35.2 Å². The number of rotatable bonds is 1. The van der Waals surface area contributed by atoms with Gasteiger partial charge in [0, 0.05) is 17.8 Å². The van der Waals surface area contributed by atoms with E-state index >= 15 is 0 Å². The van der Waals surface area contributed by atoms with Crippen molar-refractivity contribution in [2.45, 2.75) is 0 Å². The number of halogens is 1. The highest BCUT2D eigenvalue weighted by Gasteiger charge is 2.06. The molecule has 0 aliphatic carbocycles. The third kappa shape index (κ3) is 1.40. The summed E-state index contributed by atoms with van der Waals surface area (Å²) in [7, 11) is 0. The Balaban J connectivity index is 2.73. The smallest absolute Gasteiger partial charge is 0.337 e.